The zero-order chi connectivity index (χ0) is 49.5. The monoisotopic (exact) mass is 1280 g/mol. The van der Waals surface area contributed by atoms with Gasteiger partial charge in [0.15, 0.2) is 0 Å². The average molecular weight is 1280 g/mol. The molecule has 0 saturated carbocycles. The van der Waals surface area contributed by atoms with Crippen LogP contribution in [0.25, 0.3) is 63.8 Å². The Labute approximate surface area is 454 Å². The summed E-state index contributed by atoms with van der Waals surface area (Å²) in [6.07, 6.45) is 17.0. The normalized spacial score (nSPS) is 12.2. The van der Waals surface area contributed by atoms with Crippen molar-refractivity contribution in [2.24, 2.45) is 4.30 Å². The third-order valence-corrected chi connectivity index (χ3v) is 18.1. The molecule has 0 unspecified atom stereocenters. The van der Waals surface area contributed by atoms with Gasteiger partial charge >= 0.3 is 354 Å². The van der Waals surface area contributed by atoms with E-state index in [-0.39, 0.29) is 53.6 Å². The number of thiol groups is 1. The molecule has 0 spiro atoms. The quantitative estimate of drug-likeness (QED) is 0.0420. The third-order valence-electron chi connectivity index (χ3n) is 10.9. The molecule has 1 radical (unpaired) electrons. The first kappa shape index (κ1) is 55.3. The predicted molar refractivity (Wildman–Crippen MR) is 300 cm³/mol. The Morgan fingerprint density at radius 2 is 0.783 bits per heavy atom. The molecule has 2 aromatic carbocycles. The van der Waals surface area contributed by atoms with Crippen molar-refractivity contribution < 1.29 is 19.2 Å². The average Bonchev–Trinajstić information content (AvgIpc) is 4.19. The molecule has 8 heterocycles. The van der Waals surface area contributed by atoms with Crippen molar-refractivity contribution in [3.05, 3.63) is 89.1 Å². The van der Waals surface area contributed by atoms with Crippen LogP contribution >= 0.6 is 90.0 Å². The Bertz CT molecular complexity index is 2820. The number of halogens is 2. The number of nitrogens with one attached hydrogen (secondary N) is 2. The van der Waals surface area contributed by atoms with Gasteiger partial charge in [0.1, 0.15) is 0 Å². The number of imide groups is 2. The summed E-state index contributed by atoms with van der Waals surface area (Å²) in [6.45, 7) is 9.02. The number of unbranched alkanes of at least 4 members (excludes halogenated alkanes) is 10. The Morgan fingerprint density at radius 1 is 0.493 bits per heavy atom. The van der Waals surface area contributed by atoms with Gasteiger partial charge in [-0.25, -0.2) is 0 Å². The number of carbonyl (C=O) groups excluding carboxylic acids is 4. The van der Waals surface area contributed by atoms with E-state index in [0.717, 1.165) is 49.2 Å². The van der Waals surface area contributed by atoms with E-state index in [1.807, 2.05) is 59.3 Å². The topological polar surface area (TPSA) is 156 Å². The van der Waals surface area contributed by atoms with Crippen LogP contribution in [0.3, 0.4) is 0 Å². The van der Waals surface area contributed by atoms with Gasteiger partial charge in [0, 0.05) is 0 Å². The molecule has 10 rings (SSSR count). The first-order valence-corrected chi connectivity index (χ1v) is 31.0. The molecule has 2 aliphatic rings. The van der Waals surface area contributed by atoms with Gasteiger partial charge < -0.3 is 0 Å². The van der Waals surface area contributed by atoms with Gasteiger partial charge in [-0.3, -0.25) is 0 Å². The number of amides is 4. The van der Waals surface area contributed by atoms with Gasteiger partial charge in [-0.2, -0.15) is 0 Å². The van der Waals surface area contributed by atoms with Crippen LogP contribution < -0.4 is 10.6 Å². The van der Waals surface area contributed by atoms with E-state index in [1.165, 1.54) is 122 Å². The van der Waals surface area contributed by atoms with Crippen LogP contribution in [-0.4, -0.2) is 77.1 Å². The summed E-state index contributed by atoms with van der Waals surface area (Å²) in [5.41, 5.74) is 7.46. The second-order valence-corrected chi connectivity index (χ2v) is 24.9. The molecule has 2 aliphatic heterocycles. The first-order chi connectivity index (χ1) is 33.5. The molecule has 21 heteroatoms. The number of thiophene rings is 4. The molecule has 0 aliphatic carbocycles. The molecule has 0 fully saturated rings. The molecule has 2 N–H and O–H groups in total. The fraction of sp³-hybridized carbons (Fsp3) is 0.333. The summed E-state index contributed by atoms with van der Waals surface area (Å²) < 4.78 is 23.0. The maximum atomic E-state index is 12.7. The number of hydrogen-bond acceptors (Lipinski definition) is 14. The number of nitrogens with zero attached hydrogens (tertiary/aromatic N) is 5. The number of carbonyl (C=O) groups is 4. The molecule has 359 valence electrons. The summed E-state index contributed by atoms with van der Waals surface area (Å²) in [6, 6.07) is 15.5. The standard InChI is InChI=1S/C16H5Br2N3O2S2Se.C16H7N3O2S2Se.2C8H18.BHNS/c17-7-3-1-5(24-7)9-11-12(16(23)19-15(11)22)10(6-2-4-8(18)25-6)14-13(9)20-26-21-14;20-15-11-9(7-3-1-5-22-7)13-14(19-24-18-13)10(8-4-2-6-23-8)12(11)16(21)17-15;2*1-3-5-7-8-6-4-2;1-2-3/h1-4H,(H,19,22,23);1-6H,(H,17,20,21);2*3-8H2,1-2H3;3H. The van der Waals surface area contributed by atoms with Crippen molar-refractivity contribution in [3.8, 4) is 41.8 Å². The Kier molecular flexibility index (Phi) is 22.2. The molecular weight excluding hydrogens is 1230 g/mol. The molecule has 69 heavy (non-hydrogen) atoms. The van der Waals surface area contributed by atoms with Gasteiger partial charge in [0.2, 0.25) is 0 Å². The second kappa shape index (κ2) is 27.7. The SMILES string of the molecule is CCCCCCCC.CCCCCCCC.O=C1NC(=O)c2c1c(-c1ccc(Br)s1)c1n[se]nc1c2-c1ccc(Br)s1.O=C1NC(=O)c2c1c(-c1cccs1)c1n[se]nc1c2-c1cccs1.[B]=NS. The number of benzene rings is 2. The van der Waals surface area contributed by atoms with E-state index in [2.05, 4.69) is 111 Å². The minimum absolute atomic E-state index is 0.255. The number of aromatic nitrogens is 4. The van der Waals surface area contributed by atoms with Gasteiger partial charge in [0.05, 0.1) is 0 Å². The van der Waals surface area contributed by atoms with Crippen LogP contribution in [0, 0.1) is 0 Å². The summed E-state index contributed by atoms with van der Waals surface area (Å²) in [4.78, 5) is 54.0. The zero-order valence-corrected chi connectivity index (χ0v) is 49.1. The van der Waals surface area contributed by atoms with Crippen LogP contribution in [0.4, 0.5) is 0 Å². The molecule has 0 saturated heterocycles. The van der Waals surface area contributed by atoms with E-state index >= 15 is 0 Å². The maximum absolute atomic E-state index is 12.7. The van der Waals surface area contributed by atoms with Gasteiger partial charge in [-0.15, -0.1) is 0 Å². The molecule has 8 aromatic rings. The molecule has 11 nitrogen and oxygen atoms in total. The van der Waals surface area contributed by atoms with Crippen molar-refractivity contribution >= 4 is 173 Å². The molecule has 6 aromatic heterocycles. The molecule has 4 amide bonds. The number of fused-ring (bicyclic) bond motifs is 4. The third kappa shape index (κ3) is 13.3. The predicted octanol–water partition coefficient (Wildman–Crippen LogP) is 14.5. The van der Waals surface area contributed by atoms with Crippen LogP contribution in [0.5, 0.6) is 0 Å². The summed E-state index contributed by atoms with van der Waals surface area (Å²) >= 11 is 15.7. The van der Waals surface area contributed by atoms with Gasteiger partial charge in [0.25, 0.3) is 0 Å². The summed E-state index contributed by atoms with van der Waals surface area (Å²) in [5, 5.41) is 8.79. The van der Waals surface area contributed by atoms with Crippen LogP contribution in [-0.2, 0) is 0 Å². The van der Waals surface area contributed by atoms with Crippen LogP contribution in [0.15, 0.2) is 71.2 Å². The molecule has 0 atom stereocenters. The van der Waals surface area contributed by atoms with E-state index in [4.69, 9.17) is 0 Å². The minimum atomic E-state index is -0.376. The van der Waals surface area contributed by atoms with E-state index in [1.54, 1.807) is 0 Å². The Morgan fingerprint density at radius 3 is 1.01 bits per heavy atom. The molecular formula is C48H49BBr2N7O4S5Se2. The van der Waals surface area contributed by atoms with Crippen molar-refractivity contribution in [2.75, 3.05) is 0 Å². The number of rotatable bonds is 14. The van der Waals surface area contributed by atoms with Crippen molar-refractivity contribution in [3.63, 3.8) is 0 Å². The first-order valence-electron chi connectivity index (χ1n) is 22.5. The van der Waals surface area contributed by atoms with Crippen LogP contribution in [0.2, 0.25) is 0 Å². The summed E-state index contributed by atoms with van der Waals surface area (Å²) in [7, 11) is 4.34. The summed E-state index contributed by atoms with van der Waals surface area (Å²) in [5.74, 6) is -1.46. The molecule has 0 bridgehead atoms. The number of hydrogen-bond donors (Lipinski definition) is 3. The van der Waals surface area contributed by atoms with E-state index < -0.39 is 0 Å². The fourth-order valence-corrected chi connectivity index (χ4v) is 14.6. The van der Waals surface area contributed by atoms with Gasteiger partial charge in [-0.05, 0) is 0 Å². The van der Waals surface area contributed by atoms with E-state index in [0.29, 0.717) is 44.4 Å². The zero-order valence-electron chi connectivity index (χ0n) is 38.4. The Hall–Kier alpha value is -3.07. The fourth-order valence-electron chi connectivity index (χ4n) is 7.78. The Balaban J connectivity index is 0.000000167. The van der Waals surface area contributed by atoms with Crippen molar-refractivity contribution in [1.82, 2.24) is 26.6 Å². The van der Waals surface area contributed by atoms with Crippen molar-refractivity contribution in [2.45, 2.75) is 105 Å². The second-order valence-electron chi connectivity index (χ2n) is 15.6. The van der Waals surface area contributed by atoms with Gasteiger partial charge in [-0.1, -0.05) is 105 Å². The van der Waals surface area contributed by atoms with Crippen molar-refractivity contribution in [1.29, 1.82) is 0 Å². The van der Waals surface area contributed by atoms with Crippen LogP contribution in [0.1, 0.15) is 146 Å². The van der Waals surface area contributed by atoms with E-state index in [9.17, 15) is 19.2 Å².